The van der Waals surface area contributed by atoms with E-state index in [0.717, 1.165) is 17.6 Å². The van der Waals surface area contributed by atoms with Gasteiger partial charge in [0.25, 0.3) is 0 Å². The second-order valence-electron chi connectivity index (χ2n) is 4.52. The van der Waals surface area contributed by atoms with Crippen molar-refractivity contribution in [3.63, 3.8) is 0 Å². The van der Waals surface area contributed by atoms with E-state index >= 15 is 0 Å². The first-order valence-electron chi connectivity index (χ1n) is 5.62. The highest BCUT2D eigenvalue weighted by Crippen LogP contribution is 2.33. The van der Waals surface area contributed by atoms with Crippen molar-refractivity contribution in [2.24, 2.45) is 0 Å². The highest BCUT2D eigenvalue weighted by Gasteiger charge is 2.29. The summed E-state index contributed by atoms with van der Waals surface area (Å²) < 4.78 is 0. The summed E-state index contributed by atoms with van der Waals surface area (Å²) in [5.74, 6) is 0.108. The van der Waals surface area contributed by atoms with Crippen LogP contribution in [0, 0.1) is 0 Å². The van der Waals surface area contributed by atoms with Gasteiger partial charge in [0.15, 0.2) is 5.78 Å². The predicted octanol–water partition coefficient (Wildman–Crippen LogP) is 2.57. The van der Waals surface area contributed by atoms with Gasteiger partial charge in [0.1, 0.15) is 0 Å². The summed E-state index contributed by atoms with van der Waals surface area (Å²) in [5, 5.41) is 10.4. The van der Waals surface area contributed by atoms with Crippen molar-refractivity contribution in [1.29, 1.82) is 0 Å². The van der Waals surface area contributed by atoms with Gasteiger partial charge in [-0.15, -0.1) is 0 Å². The number of allylic oxidation sites excluding steroid dienone is 1. The van der Waals surface area contributed by atoms with Gasteiger partial charge < -0.3 is 5.11 Å². The molecule has 1 aromatic rings. The standard InChI is InChI=1S/C14H16O2/c1-14(16)9-5-8-12(15)10-13(14)11-6-3-2-4-7-11/h2-4,6-7,10,16H,5,8-9H2,1H3. The van der Waals surface area contributed by atoms with Crippen molar-refractivity contribution in [2.75, 3.05) is 0 Å². The van der Waals surface area contributed by atoms with Crippen LogP contribution in [0.2, 0.25) is 0 Å². The molecule has 1 N–H and O–H groups in total. The van der Waals surface area contributed by atoms with Gasteiger partial charge in [-0.3, -0.25) is 4.79 Å². The molecular weight excluding hydrogens is 200 g/mol. The lowest BCUT2D eigenvalue weighted by molar-refractivity contribution is -0.114. The molecule has 84 valence electrons. The van der Waals surface area contributed by atoms with Crippen LogP contribution in [-0.2, 0) is 4.79 Å². The number of carbonyl (C=O) groups excluding carboxylic acids is 1. The Balaban J connectivity index is 2.46. The number of hydrogen-bond donors (Lipinski definition) is 1. The van der Waals surface area contributed by atoms with Crippen molar-refractivity contribution in [3.05, 3.63) is 42.0 Å². The maximum absolute atomic E-state index is 11.6. The Morgan fingerprint density at radius 1 is 1.25 bits per heavy atom. The molecule has 1 unspecified atom stereocenters. The molecule has 0 fully saturated rings. The van der Waals surface area contributed by atoms with Crippen LogP contribution in [0.15, 0.2) is 36.4 Å². The van der Waals surface area contributed by atoms with E-state index in [1.165, 1.54) is 0 Å². The van der Waals surface area contributed by atoms with Crippen LogP contribution in [0.3, 0.4) is 0 Å². The van der Waals surface area contributed by atoms with Crippen molar-refractivity contribution in [1.82, 2.24) is 0 Å². The average molecular weight is 216 g/mol. The quantitative estimate of drug-likeness (QED) is 0.783. The Hall–Kier alpha value is -1.41. The van der Waals surface area contributed by atoms with Gasteiger partial charge >= 0.3 is 0 Å². The lowest BCUT2D eigenvalue weighted by Gasteiger charge is -2.25. The fraction of sp³-hybridized carbons (Fsp3) is 0.357. The van der Waals surface area contributed by atoms with E-state index in [4.69, 9.17) is 0 Å². The topological polar surface area (TPSA) is 37.3 Å². The van der Waals surface area contributed by atoms with E-state index in [2.05, 4.69) is 0 Å². The maximum atomic E-state index is 11.6. The van der Waals surface area contributed by atoms with Crippen molar-refractivity contribution in [3.8, 4) is 0 Å². The SMILES string of the molecule is CC1(O)CCCC(=O)C=C1c1ccccc1. The lowest BCUT2D eigenvalue weighted by atomic mass is 9.87. The van der Waals surface area contributed by atoms with Gasteiger partial charge in [0, 0.05) is 6.42 Å². The smallest absolute Gasteiger partial charge is 0.156 e. The third-order valence-electron chi connectivity index (χ3n) is 3.06. The normalized spacial score (nSPS) is 26.1. The zero-order chi connectivity index (χ0) is 11.6. The molecule has 0 spiro atoms. The molecule has 2 rings (SSSR count). The first kappa shape index (κ1) is 11.1. The van der Waals surface area contributed by atoms with Gasteiger partial charge in [0.2, 0.25) is 0 Å². The minimum absolute atomic E-state index is 0.108. The lowest BCUT2D eigenvalue weighted by Crippen LogP contribution is -2.25. The van der Waals surface area contributed by atoms with E-state index in [9.17, 15) is 9.90 Å². The molecule has 0 radical (unpaired) electrons. The molecule has 0 heterocycles. The van der Waals surface area contributed by atoms with Crippen LogP contribution in [0.4, 0.5) is 0 Å². The molecule has 2 heteroatoms. The minimum Gasteiger partial charge on any atom is -0.385 e. The molecule has 0 amide bonds. The molecule has 0 bridgehead atoms. The Bertz CT molecular complexity index is 416. The molecule has 2 nitrogen and oxygen atoms in total. The van der Waals surface area contributed by atoms with Gasteiger partial charge in [-0.25, -0.2) is 0 Å². The number of hydrogen-bond acceptors (Lipinski definition) is 2. The Kier molecular flexibility index (Phi) is 2.92. The molecule has 0 aromatic heterocycles. The summed E-state index contributed by atoms with van der Waals surface area (Å²) in [5.41, 5.74) is 0.784. The van der Waals surface area contributed by atoms with Crippen LogP contribution in [-0.4, -0.2) is 16.5 Å². The molecule has 16 heavy (non-hydrogen) atoms. The molecule has 0 aliphatic heterocycles. The molecule has 0 saturated carbocycles. The van der Waals surface area contributed by atoms with Crippen molar-refractivity contribution >= 4 is 11.4 Å². The third-order valence-corrected chi connectivity index (χ3v) is 3.06. The van der Waals surface area contributed by atoms with Crippen molar-refractivity contribution < 1.29 is 9.90 Å². The van der Waals surface area contributed by atoms with E-state index in [0.29, 0.717) is 12.8 Å². The first-order valence-corrected chi connectivity index (χ1v) is 5.62. The third kappa shape index (κ3) is 2.22. The zero-order valence-corrected chi connectivity index (χ0v) is 9.44. The van der Waals surface area contributed by atoms with Gasteiger partial charge in [-0.2, -0.15) is 0 Å². The first-order chi connectivity index (χ1) is 7.59. The Morgan fingerprint density at radius 2 is 1.94 bits per heavy atom. The molecule has 1 atom stereocenters. The number of ketones is 1. The molecule has 1 aromatic carbocycles. The van der Waals surface area contributed by atoms with Gasteiger partial charge in [-0.1, -0.05) is 30.3 Å². The van der Waals surface area contributed by atoms with E-state index in [1.54, 1.807) is 13.0 Å². The van der Waals surface area contributed by atoms with Crippen LogP contribution >= 0.6 is 0 Å². The second kappa shape index (κ2) is 4.22. The molecular formula is C14H16O2. The Labute approximate surface area is 95.6 Å². The van der Waals surface area contributed by atoms with Crippen LogP contribution in [0.1, 0.15) is 31.7 Å². The fourth-order valence-corrected chi connectivity index (χ4v) is 2.14. The average Bonchev–Trinajstić information content (AvgIpc) is 2.39. The summed E-state index contributed by atoms with van der Waals surface area (Å²) in [6.07, 6.45) is 3.52. The largest absolute Gasteiger partial charge is 0.385 e. The summed E-state index contributed by atoms with van der Waals surface area (Å²) in [4.78, 5) is 11.6. The van der Waals surface area contributed by atoms with Crippen LogP contribution in [0.25, 0.3) is 5.57 Å². The predicted molar refractivity (Wildman–Crippen MR) is 63.9 cm³/mol. The van der Waals surface area contributed by atoms with E-state index < -0.39 is 5.60 Å². The van der Waals surface area contributed by atoms with Crippen molar-refractivity contribution in [2.45, 2.75) is 31.8 Å². The highest BCUT2D eigenvalue weighted by molar-refractivity contribution is 5.98. The monoisotopic (exact) mass is 216 g/mol. The second-order valence-corrected chi connectivity index (χ2v) is 4.52. The summed E-state index contributed by atoms with van der Waals surface area (Å²) in [7, 11) is 0. The maximum Gasteiger partial charge on any atom is 0.156 e. The number of carbonyl (C=O) groups is 1. The number of benzene rings is 1. The Morgan fingerprint density at radius 3 is 2.62 bits per heavy atom. The summed E-state index contributed by atoms with van der Waals surface area (Å²) in [6, 6.07) is 9.62. The minimum atomic E-state index is -0.895. The highest BCUT2D eigenvalue weighted by atomic mass is 16.3. The van der Waals surface area contributed by atoms with Gasteiger partial charge in [0.05, 0.1) is 5.60 Å². The zero-order valence-electron chi connectivity index (χ0n) is 9.44. The summed E-state index contributed by atoms with van der Waals surface area (Å²) in [6.45, 7) is 1.78. The van der Waals surface area contributed by atoms with Gasteiger partial charge in [-0.05, 0) is 37.0 Å². The summed E-state index contributed by atoms with van der Waals surface area (Å²) >= 11 is 0. The number of rotatable bonds is 1. The number of aliphatic hydroxyl groups is 1. The molecule has 1 aliphatic rings. The van der Waals surface area contributed by atoms with E-state index in [1.807, 2.05) is 30.3 Å². The fourth-order valence-electron chi connectivity index (χ4n) is 2.14. The van der Waals surface area contributed by atoms with Crippen LogP contribution < -0.4 is 0 Å². The molecule has 0 saturated heterocycles. The van der Waals surface area contributed by atoms with Crippen LogP contribution in [0.5, 0.6) is 0 Å². The van der Waals surface area contributed by atoms with E-state index in [-0.39, 0.29) is 5.78 Å². The molecule has 1 aliphatic carbocycles.